The van der Waals surface area contributed by atoms with Gasteiger partial charge >= 0.3 is 0 Å². The molecule has 4 aromatic rings. The average Bonchev–Trinajstić information content (AvgIpc) is 3.44. The molecule has 33 heavy (non-hydrogen) atoms. The Morgan fingerprint density at radius 3 is 2.64 bits per heavy atom. The van der Waals surface area contributed by atoms with Crippen molar-refractivity contribution in [3.05, 3.63) is 70.2 Å². The van der Waals surface area contributed by atoms with E-state index in [1.165, 1.54) is 15.9 Å². The van der Waals surface area contributed by atoms with Gasteiger partial charge in [0.1, 0.15) is 0 Å². The highest BCUT2D eigenvalue weighted by atomic mass is 32.1. The zero-order chi connectivity index (χ0) is 23.8. The Morgan fingerprint density at radius 2 is 1.91 bits per heavy atom. The summed E-state index contributed by atoms with van der Waals surface area (Å²) in [4.78, 5) is 41.5. The summed E-state index contributed by atoms with van der Waals surface area (Å²) in [6, 6.07) is 9.20. The van der Waals surface area contributed by atoms with Crippen molar-refractivity contribution >= 4 is 39.1 Å². The molecular weight excluding hydrogens is 438 g/mol. The molecule has 0 aliphatic rings. The first kappa shape index (κ1) is 22.5. The number of benzene rings is 1. The minimum Gasteiger partial charge on any atom is -0.348 e. The van der Waals surface area contributed by atoms with Crippen molar-refractivity contribution < 1.29 is 9.59 Å². The van der Waals surface area contributed by atoms with E-state index in [9.17, 15) is 14.4 Å². The number of carbonyl (C=O) groups excluding carboxylic acids is 2. The van der Waals surface area contributed by atoms with Crippen LogP contribution < -0.4 is 16.2 Å². The van der Waals surface area contributed by atoms with Gasteiger partial charge in [-0.1, -0.05) is 12.1 Å². The number of aryl methyl sites for hydroxylation is 1. The largest absolute Gasteiger partial charge is 0.348 e. The number of anilines is 1. The molecule has 0 atom stereocenters. The lowest BCUT2D eigenvalue weighted by atomic mass is 10.1. The van der Waals surface area contributed by atoms with E-state index in [2.05, 4.69) is 15.6 Å². The van der Waals surface area contributed by atoms with E-state index in [-0.39, 0.29) is 29.5 Å². The first-order valence-electron chi connectivity index (χ1n) is 10.4. The van der Waals surface area contributed by atoms with Gasteiger partial charge in [-0.2, -0.15) is 0 Å². The number of hydrogen-bond acceptors (Lipinski definition) is 5. The van der Waals surface area contributed by atoms with Gasteiger partial charge in [0.05, 0.1) is 17.8 Å². The molecule has 0 unspecified atom stereocenters. The predicted octanol–water partition coefficient (Wildman–Crippen LogP) is 3.59. The third-order valence-electron chi connectivity index (χ3n) is 5.27. The zero-order valence-electron chi connectivity index (χ0n) is 18.9. The molecule has 0 spiro atoms. The molecule has 4 rings (SSSR count). The number of nitrogens with one attached hydrogen (secondary N) is 2. The number of aromatic nitrogens is 3. The molecular formula is C24H25N5O3S. The molecule has 0 bridgehead atoms. The summed E-state index contributed by atoms with van der Waals surface area (Å²) >= 11 is 1.28. The molecule has 2 amide bonds. The number of nitrogens with zero attached hydrogens (tertiary/aromatic N) is 3. The van der Waals surface area contributed by atoms with E-state index in [0.29, 0.717) is 21.8 Å². The third kappa shape index (κ3) is 4.88. The first-order chi connectivity index (χ1) is 15.6. The average molecular weight is 464 g/mol. The molecule has 3 aromatic heterocycles. The van der Waals surface area contributed by atoms with Crippen molar-refractivity contribution in [2.75, 3.05) is 11.9 Å². The van der Waals surface area contributed by atoms with Crippen molar-refractivity contribution in [3.63, 3.8) is 0 Å². The number of rotatable bonds is 5. The van der Waals surface area contributed by atoms with Gasteiger partial charge in [0.25, 0.3) is 11.5 Å². The molecule has 8 nitrogen and oxygen atoms in total. The fourth-order valence-electron chi connectivity index (χ4n) is 3.33. The highest BCUT2D eigenvalue weighted by Crippen LogP contribution is 2.26. The van der Waals surface area contributed by atoms with Gasteiger partial charge in [0.15, 0.2) is 5.13 Å². The monoisotopic (exact) mass is 463 g/mol. The van der Waals surface area contributed by atoms with Gasteiger partial charge in [-0.3, -0.25) is 14.4 Å². The molecule has 0 aliphatic heterocycles. The topological polar surface area (TPSA) is 98.0 Å². The second-order valence-corrected chi connectivity index (χ2v) is 9.64. The molecule has 0 saturated heterocycles. The fraction of sp³-hybridized carbons (Fsp3) is 0.250. The van der Waals surface area contributed by atoms with Gasteiger partial charge in [-0.25, -0.2) is 4.98 Å². The predicted molar refractivity (Wildman–Crippen MR) is 131 cm³/mol. The Balaban J connectivity index is 1.39. The van der Waals surface area contributed by atoms with Crippen molar-refractivity contribution in [2.24, 2.45) is 7.05 Å². The first-order valence-corrected chi connectivity index (χ1v) is 11.3. The lowest BCUT2D eigenvalue weighted by Gasteiger charge is -2.20. The summed E-state index contributed by atoms with van der Waals surface area (Å²) in [5, 5.41) is 9.05. The zero-order valence-corrected chi connectivity index (χ0v) is 19.7. The van der Waals surface area contributed by atoms with Gasteiger partial charge in [0.2, 0.25) is 5.91 Å². The number of carbonyl (C=O) groups is 2. The lowest BCUT2D eigenvalue weighted by Crippen LogP contribution is -2.32. The van der Waals surface area contributed by atoms with E-state index < -0.39 is 0 Å². The van der Waals surface area contributed by atoms with Crippen molar-refractivity contribution in [3.8, 4) is 11.3 Å². The number of fused-ring (bicyclic) bond motifs is 1. The smallest absolute Gasteiger partial charge is 0.258 e. The van der Waals surface area contributed by atoms with Gasteiger partial charge < -0.3 is 19.8 Å². The summed E-state index contributed by atoms with van der Waals surface area (Å²) in [6.07, 6.45) is 5.34. The summed E-state index contributed by atoms with van der Waals surface area (Å²) < 4.78 is 3.48. The third-order valence-corrected chi connectivity index (χ3v) is 6.02. The van der Waals surface area contributed by atoms with Crippen molar-refractivity contribution in [1.29, 1.82) is 0 Å². The lowest BCUT2D eigenvalue weighted by molar-refractivity contribution is -0.115. The van der Waals surface area contributed by atoms with Gasteiger partial charge in [-0.05, 0) is 44.4 Å². The fourth-order valence-corrected chi connectivity index (χ4v) is 4.07. The number of thiazole rings is 1. The minimum atomic E-state index is -0.369. The van der Waals surface area contributed by atoms with Crippen LogP contribution in [0, 0.1) is 0 Å². The van der Waals surface area contributed by atoms with Crippen molar-refractivity contribution in [2.45, 2.75) is 26.3 Å². The highest BCUT2D eigenvalue weighted by molar-refractivity contribution is 7.14. The van der Waals surface area contributed by atoms with Crippen LogP contribution in [0.3, 0.4) is 0 Å². The van der Waals surface area contributed by atoms with E-state index in [1.807, 2.05) is 61.2 Å². The Kier molecular flexibility index (Phi) is 5.90. The molecule has 0 saturated carbocycles. The normalized spacial score (nSPS) is 11.5. The van der Waals surface area contributed by atoms with E-state index in [0.717, 1.165) is 10.9 Å². The van der Waals surface area contributed by atoms with Crippen LogP contribution in [0.1, 0.15) is 31.1 Å². The van der Waals surface area contributed by atoms with Crippen LogP contribution in [0.2, 0.25) is 0 Å². The SMILES string of the molecule is Cn1ccc2ccc(-c3csc(NC(=O)CNC(=O)c4ccn(C(C)(C)C)c4)n3)cc2c1=O. The summed E-state index contributed by atoms with van der Waals surface area (Å²) in [6.45, 7) is 5.96. The van der Waals surface area contributed by atoms with E-state index >= 15 is 0 Å². The molecule has 3 heterocycles. The molecule has 0 aliphatic carbocycles. The summed E-state index contributed by atoms with van der Waals surface area (Å²) in [5.41, 5.74) is 1.74. The van der Waals surface area contributed by atoms with Crippen LogP contribution in [-0.2, 0) is 17.4 Å². The Morgan fingerprint density at radius 1 is 1.12 bits per heavy atom. The quantitative estimate of drug-likeness (QED) is 0.473. The molecule has 9 heteroatoms. The van der Waals surface area contributed by atoms with Crippen LogP contribution in [0.5, 0.6) is 0 Å². The Hall–Kier alpha value is -3.72. The number of amides is 2. The van der Waals surface area contributed by atoms with Gasteiger partial charge in [-0.15, -0.1) is 11.3 Å². The van der Waals surface area contributed by atoms with Gasteiger partial charge in [0, 0.05) is 47.5 Å². The molecule has 0 fully saturated rings. The summed E-state index contributed by atoms with van der Waals surface area (Å²) in [7, 11) is 1.71. The second kappa shape index (κ2) is 8.67. The Labute approximate surface area is 194 Å². The number of pyridine rings is 1. The maximum atomic E-state index is 12.4. The van der Waals surface area contributed by atoms with E-state index in [1.54, 1.807) is 25.5 Å². The van der Waals surface area contributed by atoms with E-state index in [4.69, 9.17) is 0 Å². The Bertz CT molecular complexity index is 1410. The second-order valence-electron chi connectivity index (χ2n) is 8.78. The molecule has 0 radical (unpaired) electrons. The van der Waals surface area contributed by atoms with Crippen molar-refractivity contribution in [1.82, 2.24) is 19.4 Å². The van der Waals surface area contributed by atoms with Crippen LogP contribution >= 0.6 is 11.3 Å². The maximum absolute atomic E-state index is 12.4. The highest BCUT2D eigenvalue weighted by Gasteiger charge is 2.16. The van der Waals surface area contributed by atoms with Crippen LogP contribution in [0.15, 0.2) is 59.1 Å². The standard InChI is InChI=1S/C24H25N5O3S/c1-24(2,3)29-10-8-17(13-29)21(31)25-12-20(30)27-23-26-19(14-33-23)16-6-5-15-7-9-28(4)22(32)18(15)11-16/h5-11,13-14H,12H2,1-4H3,(H,25,31)(H,26,27,30). The van der Waals surface area contributed by atoms with Crippen LogP contribution in [0.4, 0.5) is 5.13 Å². The molecule has 170 valence electrons. The molecule has 1 aromatic carbocycles. The summed E-state index contributed by atoms with van der Waals surface area (Å²) in [5.74, 6) is -0.683. The molecule has 2 N–H and O–H groups in total. The van der Waals surface area contributed by atoms with Crippen LogP contribution in [0.25, 0.3) is 22.0 Å². The minimum absolute atomic E-state index is 0.0771. The van der Waals surface area contributed by atoms with Crippen LogP contribution in [-0.4, -0.2) is 32.5 Å². The number of hydrogen-bond donors (Lipinski definition) is 2. The maximum Gasteiger partial charge on any atom is 0.258 e.